The Hall–Kier alpha value is -2.96. The van der Waals surface area contributed by atoms with Crippen LogP contribution >= 0.6 is 0 Å². The number of hydrogen-bond acceptors (Lipinski definition) is 5. The number of furan rings is 1. The molecule has 2 aromatic rings. The number of amides is 2. The van der Waals surface area contributed by atoms with Crippen LogP contribution in [0, 0.1) is 0 Å². The molecule has 0 saturated carbocycles. The van der Waals surface area contributed by atoms with Crippen LogP contribution in [0.5, 0.6) is 11.5 Å². The van der Waals surface area contributed by atoms with Gasteiger partial charge in [0.15, 0.2) is 11.5 Å². The standard InChI is InChI=1S/C18H20N2O5/c1-23-15-5-3-4-14(16(15)24-2)18(22)20-9-7-19(8-10-20)17(21)13-6-11-25-12-13/h3-6,11-12H,7-10H2,1-2H3. The highest BCUT2D eigenvalue weighted by molar-refractivity contribution is 5.98. The minimum atomic E-state index is -0.133. The molecular weight excluding hydrogens is 324 g/mol. The normalized spacial score (nSPS) is 14.3. The number of carbonyl (C=O) groups is 2. The van der Waals surface area contributed by atoms with Crippen molar-refractivity contribution in [2.45, 2.75) is 0 Å². The van der Waals surface area contributed by atoms with Crippen molar-refractivity contribution in [2.75, 3.05) is 40.4 Å². The van der Waals surface area contributed by atoms with Crippen LogP contribution < -0.4 is 9.47 Å². The predicted molar refractivity (Wildman–Crippen MR) is 90.1 cm³/mol. The molecule has 1 aliphatic rings. The van der Waals surface area contributed by atoms with Gasteiger partial charge in [0.05, 0.1) is 31.6 Å². The minimum Gasteiger partial charge on any atom is -0.493 e. The Balaban J connectivity index is 1.69. The molecule has 2 heterocycles. The van der Waals surface area contributed by atoms with Gasteiger partial charge in [0, 0.05) is 26.2 Å². The van der Waals surface area contributed by atoms with Crippen LogP contribution in [0.4, 0.5) is 0 Å². The number of benzene rings is 1. The summed E-state index contributed by atoms with van der Waals surface area (Å²) >= 11 is 0. The Morgan fingerprint density at radius 1 is 0.960 bits per heavy atom. The number of methoxy groups -OCH3 is 2. The fourth-order valence-electron chi connectivity index (χ4n) is 2.91. The van der Waals surface area contributed by atoms with E-state index in [4.69, 9.17) is 13.9 Å². The molecule has 25 heavy (non-hydrogen) atoms. The van der Waals surface area contributed by atoms with Gasteiger partial charge >= 0.3 is 0 Å². The largest absolute Gasteiger partial charge is 0.493 e. The number of piperazine rings is 1. The molecule has 0 atom stereocenters. The summed E-state index contributed by atoms with van der Waals surface area (Å²) < 4.78 is 15.5. The average molecular weight is 344 g/mol. The van der Waals surface area contributed by atoms with Crippen LogP contribution in [0.15, 0.2) is 41.2 Å². The zero-order valence-corrected chi connectivity index (χ0v) is 14.2. The maximum absolute atomic E-state index is 12.8. The molecule has 0 unspecified atom stereocenters. The minimum absolute atomic E-state index is 0.0835. The van der Waals surface area contributed by atoms with Gasteiger partial charge in [-0.1, -0.05) is 6.07 Å². The van der Waals surface area contributed by atoms with E-state index in [1.807, 2.05) is 0 Å². The maximum Gasteiger partial charge on any atom is 0.257 e. The highest BCUT2D eigenvalue weighted by Gasteiger charge is 2.28. The van der Waals surface area contributed by atoms with Crippen LogP contribution in [0.1, 0.15) is 20.7 Å². The summed E-state index contributed by atoms with van der Waals surface area (Å²) in [7, 11) is 3.04. The highest BCUT2D eigenvalue weighted by atomic mass is 16.5. The molecule has 1 aromatic heterocycles. The molecule has 3 rings (SSSR count). The predicted octanol–water partition coefficient (Wildman–Crippen LogP) is 1.89. The van der Waals surface area contributed by atoms with Crippen molar-refractivity contribution in [1.82, 2.24) is 9.80 Å². The van der Waals surface area contributed by atoms with Crippen molar-refractivity contribution in [1.29, 1.82) is 0 Å². The second-order valence-corrected chi connectivity index (χ2v) is 5.64. The summed E-state index contributed by atoms with van der Waals surface area (Å²) in [6.07, 6.45) is 2.91. The van der Waals surface area contributed by atoms with Crippen LogP contribution in [0.25, 0.3) is 0 Å². The molecule has 2 amide bonds. The topological polar surface area (TPSA) is 72.2 Å². The van der Waals surface area contributed by atoms with E-state index in [1.54, 1.807) is 34.1 Å². The third-order valence-corrected chi connectivity index (χ3v) is 4.26. The molecule has 1 saturated heterocycles. The van der Waals surface area contributed by atoms with Gasteiger partial charge < -0.3 is 23.7 Å². The molecule has 132 valence electrons. The van der Waals surface area contributed by atoms with Gasteiger partial charge in [0.1, 0.15) is 6.26 Å². The first-order chi connectivity index (χ1) is 12.2. The van der Waals surface area contributed by atoms with Crippen molar-refractivity contribution >= 4 is 11.8 Å². The zero-order chi connectivity index (χ0) is 17.8. The Bertz CT molecular complexity index is 749. The lowest BCUT2D eigenvalue weighted by molar-refractivity contribution is 0.0533. The van der Waals surface area contributed by atoms with Crippen molar-refractivity contribution in [3.05, 3.63) is 47.9 Å². The molecule has 0 aliphatic carbocycles. The summed E-state index contributed by atoms with van der Waals surface area (Å²) in [5, 5.41) is 0. The Kier molecular flexibility index (Phi) is 4.92. The van der Waals surface area contributed by atoms with E-state index in [0.29, 0.717) is 48.8 Å². The monoisotopic (exact) mass is 344 g/mol. The van der Waals surface area contributed by atoms with E-state index in [1.165, 1.54) is 26.7 Å². The fourth-order valence-corrected chi connectivity index (χ4v) is 2.91. The first-order valence-electron chi connectivity index (χ1n) is 7.97. The van der Waals surface area contributed by atoms with Crippen molar-refractivity contribution in [3.63, 3.8) is 0 Å². The number of hydrogen-bond donors (Lipinski definition) is 0. The number of ether oxygens (including phenoxy) is 2. The third-order valence-electron chi connectivity index (χ3n) is 4.26. The molecule has 7 nitrogen and oxygen atoms in total. The number of carbonyl (C=O) groups excluding carboxylic acids is 2. The summed E-state index contributed by atoms with van der Waals surface area (Å²) in [6, 6.07) is 6.86. The molecule has 0 N–H and O–H groups in total. The van der Waals surface area contributed by atoms with E-state index in [-0.39, 0.29) is 11.8 Å². The Labute approximate surface area is 145 Å². The lowest BCUT2D eigenvalue weighted by Crippen LogP contribution is -2.50. The lowest BCUT2D eigenvalue weighted by Gasteiger charge is -2.34. The van der Waals surface area contributed by atoms with Crippen molar-refractivity contribution in [2.24, 2.45) is 0 Å². The number of para-hydroxylation sites is 1. The van der Waals surface area contributed by atoms with Gasteiger partial charge in [-0.05, 0) is 18.2 Å². The molecule has 1 aliphatic heterocycles. The first kappa shape index (κ1) is 16.9. The molecule has 7 heteroatoms. The second-order valence-electron chi connectivity index (χ2n) is 5.64. The molecular formula is C18H20N2O5. The summed E-state index contributed by atoms with van der Waals surface area (Å²) in [5.41, 5.74) is 0.978. The van der Waals surface area contributed by atoms with Crippen LogP contribution in [0.2, 0.25) is 0 Å². The number of nitrogens with zero attached hydrogens (tertiary/aromatic N) is 2. The van der Waals surface area contributed by atoms with Gasteiger partial charge in [0.2, 0.25) is 0 Å². The van der Waals surface area contributed by atoms with Gasteiger partial charge in [0.25, 0.3) is 11.8 Å². The Morgan fingerprint density at radius 2 is 1.64 bits per heavy atom. The Morgan fingerprint density at radius 3 is 2.20 bits per heavy atom. The van der Waals surface area contributed by atoms with Gasteiger partial charge in [-0.25, -0.2) is 0 Å². The molecule has 0 spiro atoms. The molecule has 0 bridgehead atoms. The highest BCUT2D eigenvalue weighted by Crippen LogP contribution is 2.31. The van der Waals surface area contributed by atoms with Crippen molar-refractivity contribution in [3.8, 4) is 11.5 Å². The quantitative estimate of drug-likeness (QED) is 0.847. The smallest absolute Gasteiger partial charge is 0.257 e. The maximum atomic E-state index is 12.8. The van der Waals surface area contributed by atoms with Crippen LogP contribution in [-0.4, -0.2) is 62.0 Å². The van der Waals surface area contributed by atoms with Gasteiger partial charge in [-0.2, -0.15) is 0 Å². The number of rotatable bonds is 4. The zero-order valence-electron chi connectivity index (χ0n) is 14.2. The average Bonchev–Trinajstić information content (AvgIpc) is 3.21. The van der Waals surface area contributed by atoms with E-state index >= 15 is 0 Å². The van der Waals surface area contributed by atoms with Crippen LogP contribution in [-0.2, 0) is 0 Å². The van der Waals surface area contributed by atoms with E-state index in [9.17, 15) is 9.59 Å². The molecule has 1 aromatic carbocycles. The third kappa shape index (κ3) is 3.31. The lowest BCUT2D eigenvalue weighted by atomic mass is 10.1. The first-order valence-corrected chi connectivity index (χ1v) is 7.97. The second kappa shape index (κ2) is 7.29. The van der Waals surface area contributed by atoms with E-state index < -0.39 is 0 Å². The fraction of sp³-hybridized carbons (Fsp3) is 0.333. The van der Waals surface area contributed by atoms with Gasteiger partial charge in [-0.3, -0.25) is 9.59 Å². The summed E-state index contributed by atoms with van der Waals surface area (Å²) in [6.45, 7) is 1.87. The van der Waals surface area contributed by atoms with E-state index in [2.05, 4.69) is 0 Å². The van der Waals surface area contributed by atoms with Crippen LogP contribution in [0.3, 0.4) is 0 Å². The molecule has 1 fully saturated rings. The van der Waals surface area contributed by atoms with E-state index in [0.717, 1.165) is 0 Å². The van der Waals surface area contributed by atoms with Crippen molar-refractivity contribution < 1.29 is 23.5 Å². The SMILES string of the molecule is COc1cccc(C(=O)N2CCN(C(=O)c3ccoc3)CC2)c1OC. The summed E-state index contributed by atoms with van der Waals surface area (Å²) in [5.74, 6) is 0.722. The van der Waals surface area contributed by atoms with Gasteiger partial charge in [-0.15, -0.1) is 0 Å². The summed E-state index contributed by atoms with van der Waals surface area (Å²) in [4.78, 5) is 28.6. The molecule has 0 radical (unpaired) electrons.